The molecule has 5 rings (SSSR count). The van der Waals surface area contributed by atoms with Gasteiger partial charge in [0, 0.05) is 22.9 Å². The van der Waals surface area contributed by atoms with E-state index in [0.29, 0.717) is 28.4 Å². The van der Waals surface area contributed by atoms with Crippen LogP contribution in [0.3, 0.4) is 0 Å². The van der Waals surface area contributed by atoms with Crippen molar-refractivity contribution in [3.63, 3.8) is 0 Å². The Bertz CT molecular complexity index is 1470. The lowest BCUT2D eigenvalue weighted by molar-refractivity contribution is 0.0982. The smallest absolute Gasteiger partial charge is 0.260 e. The highest BCUT2D eigenvalue weighted by Crippen LogP contribution is 2.32. The first kappa shape index (κ1) is 22.6. The summed E-state index contributed by atoms with van der Waals surface area (Å²) in [5.41, 5.74) is 5.62. The lowest BCUT2D eigenvalue weighted by atomic mass is 10.0. The van der Waals surface area contributed by atoms with Gasteiger partial charge in [0.25, 0.3) is 5.91 Å². The molecule has 3 aromatic carbocycles. The lowest BCUT2D eigenvalue weighted by Gasteiger charge is -2.19. The Morgan fingerprint density at radius 2 is 1.46 bits per heavy atom. The number of hydrogen-bond acceptors (Lipinski definition) is 5. The van der Waals surface area contributed by atoms with Crippen LogP contribution in [0, 0.1) is 13.8 Å². The molecule has 0 saturated carbocycles. The molecule has 0 atom stereocenters. The van der Waals surface area contributed by atoms with E-state index in [2.05, 4.69) is 31.0 Å². The van der Waals surface area contributed by atoms with E-state index in [1.807, 2.05) is 36.4 Å². The number of rotatable bonds is 6. The number of nitrogens with zero attached hydrogens (tertiary/aromatic N) is 3. The van der Waals surface area contributed by atoms with E-state index in [-0.39, 0.29) is 11.7 Å². The van der Waals surface area contributed by atoms with Crippen LogP contribution in [-0.4, -0.2) is 21.7 Å². The fourth-order valence-corrected chi connectivity index (χ4v) is 4.88. The van der Waals surface area contributed by atoms with Crippen LogP contribution in [0.4, 0.5) is 5.13 Å². The molecule has 0 saturated heterocycles. The number of pyridine rings is 1. The molecule has 0 spiro atoms. The molecule has 5 nitrogen and oxygen atoms in total. The third-order valence-corrected chi connectivity index (χ3v) is 6.99. The van der Waals surface area contributed by atoms with E-state index in [4.69, 9.17) is 4.98 Å². The standard InChI is InChI=1S/C29H23N3O2S/c1-19-16-25-26(17-20(19)2)35-29(31-25)32(18-24-10-6-7-15-30-24)28(34)23-13-11-22(12-14-23)27(33)21-8-4-3-5-9-21/h3-17H,18H2,1-2H3. The number of fused-ring (bicyclic) bond motifs is 1. The fraction of sp³-hybridized carbons (Fsp3) is 0.103. The minimum atomic E-state index is -0.193. The zero-order valence-corrected chi connectivity index (χ0v) is 20.3. The molecule has 0 aliphatic carbocycles. The Morgan fingerprint density at radius 3 is 2.17 bits per heavy atom. The molecule has 0 aliphatic rings. The molecule has 172 valence electrons. The van der Waals surface area contributed by atoms with E-state index in [1.165, 1.54) is 16.9 Å². The molecule has 2 heterocycles. The van der Waals surface area contributed by atoms with Crippen LogP contribution in [0.5, 0.6) is 0 Å². The summed E-state index contributed by atoms with van der Waals surface area (Å²) in [6, 6.07) is 25.7. The minimum absolute atomic E-state index is 0.0770. The van der Waals surface area contributed by atoms with E-state index < -0.39 is 0 Å². The van der Waals surface area contributed by atoms with Gasteiger partial charge in [-0.25, -0.2) is 4.98 Å². The van der Waals surface area contributed by atoms with Crippen molar-refractivity contribution in [1.29, 1.82) is 0 Å². The number of aromatic nitrogens is 2. The summed E-state index contributed by atoms with van der Waals surface area (Å²) in [4.78, 5) is 37.3. The van der Waals surface area contributed by atoms with Gasteiger partial charge in [-0.1, -0.05) is 59.9 Å². The molecule has 0 fully saturated rings. The third-order valence-electron chi connectivity index (χ3n) is 5.94. The van der Waals surface area contributed by atoms with Crippen molar-refractivity contribution in [2.75, 3.05) is 4.90 Å². The highest BCUT2D eigenvalue weighted by atomic mass is 32.1. The molecular weight excluding hydrogens is 454 g/mol. The SMILES string of the molecule is Cc1cc2nc(N(Cc3ccccn3)C(=O)c3ccc(C(=O)c4ccccc4)cc3)sc2cc1C. The van der Waals surface area contributed by atoms with Crippen molar-refractivity contribution in [3.05, 3.63) is 125 Å². The van der Waals surface area contributed by atoms with E-state index in [9.17, 15) is 9.59 Å². The first-order chi connectivity index (χ1) is 17.0. The maximum absolute atomic E-state index is 13.7. The van der Waals surface area contributed by atoms with Crippen LogP contribution in [0.25, 0.3) is 10.2 Å². The second-order valence-electron chi connectivity index (χ2n) is 8.39. The number of ketones is 1. The summed E-state index contributed by atoms with van der Waals surface area (Å²) in [5, 5.41) is 0.616. The summed E-state index contributed by atoms with van der Waals surface area (Å²) in [6.07, 6.45) is 1.72. The van der Waals surface area contributed by atoms with Crippen LogP contribution in [0.2, 0.25) is 0 Å². The van der Waals surface area contributed by atoms with Gasteiger partial charge in [0.05, 0.1) is 22.5 Å². The summed E-state index contributed by atoms with van der Waals surface area (Å²) >= 11 is 1.49. The van der Waals surface area contributed by atoms with Crippen LogP contribution >= 0.6 is 11.3 Å². The number of anilines is 1. The van der Waals surface area contributed by atoms with Gasteiger partial charge < -0.3 is 0 Å². The van der Waals surface area contributed by atoms with Gasteiger partial charge in [-0.15, -0.1) is 0 Å². The molecule has 0 radical (unpaired) electrons. The normalized spacial score (nSPS) is 10.9. The fourth-order valence-electron chi connectivity index (χ4n) is 3.84. The molecular formula is C29H23N3O2S. The van der Waals surface area contributed by atoms with Crippen molar-refractivity contribution in [2.24, 2.45) is 0 Å². The molecule has 1 amide bonds. The molecule has 0 bridgehead atoms. The number of thiazole rings is 1. The van der Waals surface area contributed by atoms with Crippen LogP contribution in [0.1, 0.15) is 43.1 Å². The lowest BCUT2D eigenvalue weighted by Crippen LogP contribution is -2.30. The zero-order chi connectivity index (χ0) is 24.4. The van der Waals surface area contributed by atoms with Crippen LogP contribution in [-0.2, 0) is 6.54 Å². The van der Waals surface area contributed by atoms with Gasteiger partial charge in [0.1, 0.15) is 0 Å². The van der Waals surface area contributed by atoms with Crippen molar-refractivity contribution in [3.8, 4) is 0 Å². The summed E-state index contributed by atoms with van der Waals surface area (Å²) < 4.78 is 1.03. The monoisotopic (exact) mass is 477 g/mol. The number of amides is 1. The van der Waals surface area contributed by atoms with Gasteiger partial charge in [0.15, 0.2) is 10.9 Å². The zero-order valence-electron chi connectivity index (χ0n) is 19.4. The Hall–Kier alpha value is -4.16. The second kappa shape index (κ2) is 9.60. The van der Waals surface area contributed by atoms with E-state index in [0.717, 1.165) is 21.5 Å². The number of benzene rings is 3. The van der Waals surface area contributed by atoms with Gasteiger partial charge in [0.2, 0.25) is 0 Å². The number of carbonyl (C=O) groups excluding carboxylic acids is 2. The van der Waals surface area contributed by atoms with Crippen molar-refractivity contribution in [1.82, 2.24) is 9.97 Å². The molecule has 5 aromatic rings. The van der Waals surface area contributed by atoms with Gasteiger partial charge in [-0.05, 0) is 61.4 Å². The molecule has 0 unspecified atom stereocenters. The third kappa shape index (κ3) is 4.74. The summed E-state index contributed by atoms with van der Waals surface area (Å²) in [6.45, 7) is 4.42. The molecule has 6 heteroatoms. The molecule has 0 aliphatic heterocycles. The second-order valence-corrected chi connectivity index (χ2v) is 9.39. The maximum Gasteiger partial charge on any atom is 0.260 e. The van der Waals surface area contributed by atoms with E-state index >= 15 is 0 Å². The summed E-state index contributed by atoms with van der Waals surface area (Å²) in [7, 11) is 0. The van der Waals surface area contributed by atoms with Crippen molar-refractivity contribution < 1.29 is 9.59 Å². The predicted octanol–water partition coefficient (Wildman–Crippen LogP) is 6.39. The number of aryl methyl sites for hydroxylation is 2. The largest absolute Gasteiger partial charge is 0.289 e. The first-order valence-corrected chi connectivity index (χ1v) is 12.1. The molecule has 35 heavy (non-hydrogen) atoms. The average molecular weight is 478 g/mol. The van der Waals surface area contributed by atoms with Crippen LogP contribution in [0.15, 0.2) is 91.1 Å². The molecule has 0 N–H and O–H groups in total. The van der Waals surface area contributed by atoms with Gasteiger partial charge in [-0.2, -0.15) is 0 Å². The maximum atomic E-state index is 13.7. The van der Waals surface area contributed by atoms with Crippen molar-refractivity contribution in [2.45, 2.75) is 20.4 Å². The number of hydrogen-bond donors (Lipinski definition) is 0. The predicted molar refractivity (Wildman–Crippen MR) is 140 cm³/mol. The average Bonchev–Trinajstić information content (AvgIpc) is 3.30. The topological polar surface area (TPSA) is 63.2 Å². The Labute approximate surface area is 207 Å². The number of carbonyl (C=O) groups is 2. The highest BCUT2D eigenvalue weighted by Gasteiger charge is 2.23. The first-order valence-electron chi connectivity index (χ1n) is 11.3. The van der Waals surface area contributed by atoms with Gasteiger partial charge >= 0.3 is 0 Å². The Kier molecular flexibility index (Phi) is 6.21. The Morgan fingerprint density at radius 1 is 0.800 bits per heavy atom. The van der Waals surface area contributed by atoms with Crippen molar-refractivity contribution >= 4 is 38.4 Å². The summed E-state index contributed by atoms with van der Waals surface area (Å²) in [5.74, 6) is -0.270. The Balaban J connectivity index is 1.49. The van der Waals surface area contributed by atoms with Crippen LogP contribution < -0.4 is 4.90 Å². The molecule has 2 aromatic heterocycles. The van der Waals surface area contributed by atoms with E-state index in [1.54, 1.807) is 47.5 Å². The van der Waals surface area contributed by atoms with Gasteiger partial charge in [-0.3, -0.25) is 19.5 Å². The minimum Gasteiger partial charge on any atom is -0.289 e. The highest BCUT2D eigenvalue weighted by molar-refractivity contribution is 7.22. The quantitative estimate of drug-likeness (QED) is 0.266.